The summed E-state index contributed by atoms with van der Waals surface area (Å²) in [6.45, 7) is 0. The lowest BCUT2D eigenvalue weighted by molar-refractivity contribution is -0.119. The van der Waals surface area contributed by atoms with Gasteiger partial charge in [-0.2, -0.15) is 0 Å². The maximum atomic E-state index is 13.0. The number of fused-ring (bicyclic) bond motifs is 2. The molecule has 0 aliphatic heterocycles. The standard InChI is InChI=1S/C24H22N4O2S2/c25-28-23(30)21-18(16-7-2-1-3-8-16)13-31-22(21)27-24(28)32-14-20(29)26-19-12-6-10-15-9-4-5-11-17(15)19/h1-5,7-9,11,13,19H,6,10,12,14,25H2,(H,26,29)/t19-/m1/s1. The number of thioether (sulfide) groups is 1. The molecule has 6 nitrogen and oxygen atoms in total. The fraction of sp³-hybridized carbons (Fsp3) is 0.208. The van der Waals surface area contributed by atoms with Crippen LogP contribution in [0.4, 0.5) is 0 Å². The first-order chi connectivity index (χ1) is 15.6. The first-order valence-electron chi connectivity index (χ1n) is 10.5. The largest absolute Gasteiger partial charge is 0.349 e. The van der Waals surface area contributed by atoms with E-state index in [0.717, 1.165) is 35.1 Å². The van der Waals surface area contributed by atoms with E-state index in [1.54, 1.807) is 0 Å². The van der Waals surface area contributed by atoms with Crippen molar-refractivity contribution in [2.75, 3.05) is 11.6 Å². The molecule has 0 bridgehead atoms. The Hall–Kier alpha value is -3.10. The predicted molar refractivity (Wildman–Crippen MR) is 130 cm³/mol. The smallest absolute Gasteiger partial charge is 0.282 e. The first-order valence-corrected chi connectivity index (χ1v) is 12.3. The Labute approximate surface area is 193 Å². The van der Waals surface area contributed by atoms with E-state index in [9.17, 15) is 9.59 Å². The van der Waals surface area contributed by atoms with Crippen LogP contribution in [0.2, 0.25) is 0 Å². The summed E-state index contributed by atoms with van der Waals surface area (Å²) in [6.07, 6.45) is 3.03. The highest BCUT2D eigenvalue weighted by molar-refractivity contribution is 7.99. The Morgan fingerprint density at radius 3 is 2.81 bits per heavy atom. The highest BCUT2D eigenvalue weighted by Crippen LogP contribution is 2.32. The Balaban J connectivity index is 1.34. The highest BCUT2D eigenvalue weighted by Gasteiger charge is 2.22. The van der Waals surface area contributed by atoms with E-state index in [2.05, 4.69) is 22.4 Å². The molecule has 1 amide bonds. The lowest BCUT2D eigenvalue weighted by Gasteiger charge is -2.26. The number of amides is 1. The van der Waals surface area contributed by atoms with Crippen LogP contribution >= 0.6 is 23.1 Å². The Kier molecular flexibility index (Phi) is 5.71. The predicted octanol–water partition coefficient (Wildman–Crippen LogP) is 4.12. The number of nitrogens with zero attached hydrogens (tertiary/aromatic N) is 2. The zero-order valence-electron chi connectivity index (χ0n) is 17.3. The van der Waals surface area contributed by atoms with Crippen LogP contribution in [-0.4, -0.2) is 21.3 Å². The number of nitrogens with one attached hydrogen (secondary N) is 1. The van der Waals surface area contributed by atoms with Crippen molar-refractivity contribution in [3.63, 3.8) is 0 Å². The first kappa shape index (κ1) is 20.8. The van der Waals surface area contributed by atoms with Crippen molar-refractivity contribution in [2.24, 2.45) is 0 Å². The van der Waals surface area contributed by atoms with Gasteiger partial charge in [-0.05, 0) is 36.0 Å². The van der Waals surface area contributed by atoms with E-state index in [4.69, 9.17) is 5.84 Å². The second-order valence-electron chi connectivity index (χ2n) is 7.76. The maximum absolute atomic E-state index is 13.0. The second kappa shape index (κ2) is 8.80. The number of aromatic nitrogens is 2. The molecule has 0 radical (unpaired) electrons. The van der Waals surface area contributed by atoms with Crippen molar-refractivity contribution in [1.82, 2.24) is 15.0 Å². The van der Waals surface area contributed by atoms with E-state index in [0.29, 0.717) is 15.4 Å². The number of nitrogen functional groups attached to an aromatic ring is 1. The third-order valence-electron chi connectivity index (χ3n) is 5.73. The molecule has 2 aromatic carbocycles. The van der Waals surface area contributed by atoms with Gasteiger partial charge in [0.1, 0.15) is 4.83 Å². The number of hydrogen-bond acceptors (Lipinski definition) is 6. The quantitative estimate of drug-likeness (QED) is 0.264. The van der Waals surface area contributed by atoms with Gasteiger partial charge in [-0.3, -0.25) is 9.59 Å². The molecule has 0 saturated heterocycles. The minimum atomic E-state index is -0.306. The molecule has 8 heteroatoms. The molecule has 3 N–H and O–H groups in total. The van der Waals surface area contributed by atoms with Gasteiger partial charge in [0, 0.05) is 10.9 Å². The van der Waals surface area contributed by atoms with E-state index in [-0.39, 0.29) is 23.3 Å². The topological polar surface area (TPSA) is 90.0 Å². The molecule has 4 aromatic rings. The van der Waals surface area contributed by atoms with Crippen molar-refractivity contribution >= 4 is 39.2 Å². The van der Waals surface area contributed by atoms with E-state index < -0.39 is 0 Å². The summed E-state index contributed by atoms with van der Waals surface area (Å²) in [5, 5.41) is 5.90. The number of benzene rings is 2. The zero-order chi connectivity index (χ0) is 22.1. The summed E-state index contributed by atoms with van der Waals surface area (Å²) >= 11 is 2.59. The van der Waals surface area contributed by atoms with Gasteiger partial charge in [0.15, 0.2) is 5.16 Å². The minimum Gasteiger partial charge on any atom is -0.349 e. The summed E-state index contributed by atoms with van der Waals surface area (Å²) < 4.78 is 1.05. The molecule has 2 heterocycles. The Morgan fingerprint density at radius 1 is 1.19 bits per heavy atom. The van der Waals surface area contributed by atoms with Crippen molar-refractivity contribution in [2.45, 2.75) is 30.5 Å². The van der Waals surface area contributed by atoms with Gasteiger partial charge >= 0.3 is 0 Å². The van der Waals surface area contributed by atoms with Crippen LogP contribution in [0, 0.1) is 0 Å². The van der Waals surface area contributed by atoms with Gasteiger partial charge < -0.3 is 11.2 Å². The van der Waals surface area contributed by atoms with Crippen LogP contribution in [0.25, 0.3) is 21.3 Å². The van der Waals surface area contributed by atoms with Crippen molar-refractivity contribution in [3.05, 3.63) is 81.5 Å². The number of carbonyl (C=O) groups excluding carboxylic acids is 1. The fourth-order valence-corrected chi connectivity index (χ4v) is 5.90. The zero-order valence-corrected chi connectivity index (χ0v) is 18.9. The van der Waals surface area contributed by atoms with Gasteiger partial charge in [0.2, 0.25) is 5.91 Å². The number of carbonyl (C=O) groups is 1. The SMILES string of the molecule is Nn1c(SCC(=O)N[C@@H]2CCCc3ccccc32)nc2scc(-c3ccccc3)c2c1=O. The molecule has 2 aromatic heterocycles. The van der Waals surface area contributed by atoms with Gasteiger partial charge in [-0.15, -0.1) is 11.3 Å². The fourth-order valence-electron chi connectivity index (χ4n) is 4.19. The number of aryl methyl sites for hydroxylation is 1. The summed E-state index contributed by atoms with van der Waals surface area (Å²) in [4.78, 5) is 30.9. The van der Waals surface area contributed by atoms with Gasteiger partial charge in [0.05, 0.1) is 17.2 Å². The number of hydrogen-bond donors (Lipinski definition) is 2. The molecule has 0 saturated carbocycles. The Bertz CT molecular complexity index is 1350. The lowest BCUT2D eigenvalue weighted by Crippen LogP contribution is -2.33. The molecule has 32 heavy (non-hydrogen) atoms. The normalized spacial score (nSPS) is 15.4. The molecular formula is C24H22N4O2S2. The molecule has 0 unspecified atom stereocenters. The summed E-state index contributed by atoms with van der Waals surface area (Å²) in [5.74, 6) is 6.13. The van der Waals surface area contributed by atoms with Crippen LogP contribution in [0.5, 0.6) is 0 Å². The summed E-state index contributed by atoms with van der Waals surface area (Å²) in [7, 11) is 0. The van der Waals surface area contributed by atoms with Crippen LogP contribution in [0.15, 0.2) is 69.9 Å². The van der Waals surface area contributed by atoms with Crippen molar-refractivity contribution < 1.29 is 4.79 Å². The molecule has 1 aliphatic carbocycles. The van der Waals surface area contributed by atoms with E-state index in [1.807, 2.05) is 47.8 Å². The molecule has 162 valence electrons. The van der Waals surface area contributed by atoms with Crippen LogP contribution < -0.4 is 16.7 Å². The Morgan fingerprint density at radius 2 is 1.97 bits per heavy atom. The molecular weight excluding hydrogens is 440 g/mol. The molecule has 1 aliphatic rings. The third kappa shape index (κ3) is 3.91. The number of thiophene rings is 1. The van der Waals surface area contributed by atoms with Crippen LogP contribution in [-0.2, 0) is 11.2 Å². The van der Waals surface area contributed by atoms with Crippen LogP contribution in [0.3, 0.4) is 0 Å². The van der Waals surface area contributed by atoms with Gasteiger partial charge in [-0.1, -0.05) is 66.4 Å². The van der Waals surface area contributed by atoms with Crippen LogP contribution in [0.1, 0.15) is 30.0 Å². The highest BCUT2D eigenvalue weighted by atomic mass is 32.2. The maximum Gasteiger partial charge on any atom is 0.282 e. The van der Waals surface area contributed by atoms with E-state index >= 15 is 0 Å². The lowest BCUT2D eigenvalue weighted by atomic mass is 9.88. The average molecular weight is 463 g/mol. The summed E-state index contributed by atoms with van der Waals surface area (Å²) in [5.41, 5.74) is 3.96. The van der Waals surface area contributed by atoms with Crippen molar-refractivity contribution in [1.29, 1.82) is 0 Å². The minimum absolute atomic E-state index is 0.0225. The average Bonchev–Trinajstić information content (AvgIpc) is 3.25. The monoisotopic (exact) mass is 462 g/mol. The molecule has 0 fully saturated rings. The van der Waals surface area contributed by atoms with E-state index in [1.165, 1.54) is 34.2 Å². The van der Waals surface area contributed by atoms with Gasteiger partial charge in [-0.25, -0.2) is 9.66 Å². The molecule has 1 atom stereocenters. The number of nitrogens with two attached hydrogens (primary N) is 1. The van der Waals surface area contributed by atoms with Gasteiger partial charge in [0.25, 0.3) is 5.56 Å². The number of rotatable bonds is 5. The second-order valence-corrected chi connectivity index (χ2v) is 9.57. The molecule has 5 rings (SSSR count). The summed E-state index contributed by atoms with van der Waals surface area (Å²) in [6, 6.07) is 18.0. The third-order valence-corrected chi connectivity index (χ3v) is 7.55. The molecule has 0 spiro atoms. The van der Waals surface area contributed by atoms with Crippen molar-refractivity contribution in [3.8, 4) is 11.1 Å².